The van der Waals surface area contributed by atoms with E-state index in [1.54, 1.807) is 24.7 Å². The predicted molar refractivity (Wildman–Crippen MR) is 64.8 cm³/mol. The molecule has 1 saturated carbocycles. The number of nitrogens with two attached hydrogens (primary N) is 2. The van der Waals surface area contributed by atoms with Crippen LogP contribution in [0, 0.1) is 0 Å². The maximum atomic E-state index is 6.02. The van der Waals surface area contributed by atoms with Crippen molar-refractivity contribution in [3.8, 4) is 11.1 Å². The van der Waals surface area contributed by atoms with Crippen LogP contribution in [0.2, 0.25) is 0 Å². The van der Waals surface area contributed by atoms with E-state index in [-0.39, 0.29) is 5.54 Å². The van der Waals surface area contributed by atoms with Crippen molar-refractivity contribution in [2.45, 2.75) is 18.4 Å². The third-order valence-corrected chi connectivity index (χ3v) is 3.01. The summed E-state index contributed by atoms with van der Waals surface area (Å²) in [5, 5.41) is 0. The maximum absolute atomic E-state index is 6.02. The van der Waals surface area contributed by atoms with E-state index in [0.717, 1.165) is 29.8 Å². The molecule has 1 fully saturated rings. The molecule has 2 heterocycles. The first kappa shape index (κ1) is 10.2. The van der Waals surface area contributed by atoms with E-state index >= 15 is 0 Å². The Kier molecular flexibility index (Phi) is 2.09. The van der Waals surface area contributed by atoms with Gasteiger partial charge in [-0.25, -0.2) is 15.0 Å². The summed E-state index contributed by atoms with van der Waals surface area (Å²) in [5.41, 5.74) is 13.2. The number of nitrogens with zero attached hydrogens (tertiary/aromatic N) is 3. The first-order valence-corrected chi connectivity index (χ1v) is 5.51. The largest absolute Gasteiger partial charge is 0.384 e. The van der Waals surface area contributed by atoms with Gasteiger partial charge in [0.05, 0.1) is 5.54 Å². The topological polar surface area (TPSA) is 90.7 Å². The Morgan fingerprint density at radius 1 is 0.941 bits per heavy atom. The van der Waals surface area contributed by atoms with Crippen LogP contribution in [0.1, 0.15) is 18.7 Å². The van der Waals surface area contributed by atoms with Gasteiger partial charge in [0.25, 0.3) is 0 Å². The minimum atomic E-state index is -0.280. The molecule has 1 aliphatic carbocycles. The highest BCUT2D eigenvalue weighted by Crippen LogP contribution is 2.40. The van der Waals surface area contributed by atoms with Crippen molar-refractivity contribution in [2.75, 3.05) is 5.73 Å². The van der Waals surface area contributed by atoms with Crippen LogP contribution >= 0.6 is 0 Å². The quantitative estimate of drug-likeness (QED) is 0.800. The summed E-state index contributed by atoms with van der Waals surface area (Å²) in [4.78, 5) is 12.7. The van der Waals surface area contributed by atoms with Gasteiger partial charge < -0.3 is 11.5 Å². The van der Waals surface area contributed by atoms with Crippen molar-refractivity contribution in [2.24, 2.45) is 5.73 Å². The van der Waals surface area contributed by atoms with Gasteiger partial charge in [0.1, 0.15) is 11.6 Å². The van der Waals surface area contributed by atoms with E-state index in [2.05, 4.69) is 15.0 Å². The molecule has 5 heteroatoms. The van der Waals surface area contributed by atoms with Crippen LogP contribution in [-0.4, -0.2) is 15.0 Å². The van der Waals surface area contributed by atoms with Crippen LogP contribution in [-0.2, 0) is 5.54 Å². The van der Waals surface area contributed by atoms with Crippen molar-refractivity contribution < 1.29 is 0 Å². The Morgan fingerprint density at radius 2 is 1.59 bits per heavy atom. The summed E-state index contributed by atoms with van der Waals surface area (Å²) in [7, 11) is 0. The fraction of sp³-hybridized carbons (Fsp3) is 0.250. The number of anilines is 1. The molecular weight excluding hydrogens is 214 g/mol. The summed E-state index contributed by atoms with van der Waals surface area (Å²) in [5.74, 6) is 1.23. The molecule has 3 rings (SSSR count). The van der Waals surface area contributed by atoms with Gasteiger partial charge in [0.2, 0.25) is 0 Å². The van der Waals surface area contributed by atoms with Crippen molar-refractivity contribution in [1.82, 2.24) is 15.0 Å². The zero-order chi connectivity index (χ0) is 11.9. The molecule has 5 nitrogen and oxygen atoms in total. The third-order valence-electron chi connectivity index (χ3n) is 3.01. The third kappa shape index (κ3) is 1.85. The van der Waals surface area contributed by atoms with Crippen molar-refractivity contribution in [3.05, 3.63) is 36.5 Å². The molecule has 0 bridgehead atoms. The van der Waals surface area contributed by atoms with E-state index in [1.807, 2.05) is 6.07 Å². The summed E-state index contributed by atoms with van der Waals surface area (Å²) in [6.07, 6.45) is 7.21. The number of hydrogen-bond acceptors (Lipinski definition) is 5. The van der Waals surface area contributed by atoms with Gasteiger partial charge in [-0.2, -0.15) is 0 Å². The summed E-state index contributed by atoms with van der Waals surface area (Å²) < 4.78 is 0. The van der Waals surface area contributed by atoms with E-state index in [4.69, 9.17) is 11.5 Å². The molecule has 17 heavy (non-hydrogen) atoms. The molecular formula is C12H13N5. The molecule has 1 aliphatic rings. The lowest BCUT2D eigenvalue weighted by Gasteiger charge is -2.07. The summed E-state index contributed by atoms with van der Waals surface area (Å²) in [6.45, 7) is 0. The standard InChI is InChI=1S/C12H13N5/c13-10-2-1-8(5-15-10)9-6-16-11(17-7-9)12(14)3-4-12/h1-2,5-7H,3-4,14H2,(H2,13,15). The molecule has 0 aliphatic heterocycles. The first-order chi connectivity index (χ1) is 8.17. The fourth-order valence-electron chi connectivity index (χ4n) is 1.67. The van der Waals surface area contributed by atoms with Gasteiger partial charge in [0.15, 0.2) is 0 Å². The second kappa shape index (κ2) is 3.49. The first-order valence-electron chi connectivity index (χ1n) is 5.51. The van der Waals surface area contributed by atoms with Gasteiger partial charge in [-0.1, -0.05) is 0 Å². The van der Waals surface area contributed by atoms with E-state index < -0.39 is 0 Å². The Morgan fingerprint density at radius 3 is 2.12 bits per heavy atom. The van der Waals surface area contributed by atoms with Crippen LogP contribution in [0.3, 0.4) is 0 Å². The molecule has 0 unspecified atom stereocenters. The number of rotatable bonds is 2. The van der Waals surface area contributed by atoms with E-state index in [1.165, 1.54) is 0 Å². The van der Waals surface area contributed by atoms with Gasteiger partial charge in [0, 0.05) is 29.7 Å². The lowest BCUT2D eigenvalue weighted by atomic mass is 10.1. The average Bonchev–Trinajstić information content (AvgIpc) is 3.10. The summed E-state index contributed by atoms with van der Waals surface area (Å²) in [6, 6.07) is 3.66. The average molecular weight is 227 g/mol. The Bertz CT molecular complexity index is 528. The van der Waals surface area contributed by atoms with Crippen molar-refractivity contribution in [3.63, 3.8) is 0 Å². The van der Waals surface area contributed by atoms with Crippen molar-refractivity contribution in [1.29, 1.82) is 0 Å². The smallest absolute Gasteiger partial charge is 0.148 e. The second-order valence-corrected chi connectivity index (χ2v) is 4.42. The molecule has 0 atom stereocenters. The molecule has 0 radical (unpaired) electrons. The predicted octanol–water partition coefficient (Wildman–Crippen LogP) is 1.07. The minimum Gasteiger partial charge on any atom is -0.384 e. The monoisotopic (exact) mass is 227 g/mol. The van der Waals surface area contributed by atoms with Gasteiger partial charge in [-0.05, 0) is 25.0 Å². The highest BCUT2D eigenvalue weighted by Gasteiger charge is 2.42. The normalized spacial score (nSPS) is 16.8. The highest BCUT2D eigenvalue weighted by molar-refractivity contribution is 5.61. The van der Waals surface area contributed by atoms with E-state index in [0.29, 0.717) is 5.82 Å². The highest BCUT2D eigenvalue weighted by atomic mass is 15.0. The van der Waals surface area contributed by atoms with Crippen molar-refractivity contribution >= 4 is 5.82 Å². The van der Waals surface area contributed by atoms with Gasteiger partial charge in [-0.3, -0.25) is 0 Å². The Hall–Kier alpha value is -2.01. The number of nitrogen functional groups attached to an aromatic ring is 1. The molecule has 0 saturated heterocycles. The summed E-state index contributed by atoms with van der Waals surface area (Å²) >= 11 is 0. The minimum absolute atomic E-state index is 0.280. The van der Waals surface area contributed by atoms with Crippen LogP contribution in [0.25, 0.3) is 11.1 Å². The molecule has 0 spiro atoms. The fourth-order valence-corrected chi connectivity index (χ4v) is 1.67. The Balaban J connectivity index is 1.91. The van der Waals surface area contributed by atoms with Crippen LogP contribution in [0.5, 0.6) is 0 Å². The molecule has 0 aromatic carbocycles. The number of aromatic nitrogens is 3. The van der Waals surface area contributed by atoms with Gasteiger partial charge in [-0.15, -0.1) is 0 Å². The Labute approximate surface area is 98.9 Å². The second-order valence-electron chi connectivity index (χ2n) is 4.42. The van der Waals surface area contributed by atoms with Gasteiger partial charge >= 0.3 is 0 Å². The van der Waals surface area contributed by atoms with E-state index in [9.17, 15) is 0 Å². The lowest BCUT2D eigenvalue weighted by Crippen LogP contribution is -2.21. The molecule has 2 aromatic rings. The van der Waals surface area contributed by atoms with Crippen LogP contribution in [0.15, 0.2) is 30.7 Å². The van der Waals surface area contributed by atoms with Crippen LogP contribution < -0.4 is 11.5 Å². The molecule has 4 N–H and O–H groups in total. The maximum Gasteiger partial charge on any atom is 0.148 e. The zero-order valence-corrected chi connectivity index (χ0v) is 9.30. The lowest BCUT2D eigenvalue weighted by molar-refractivity contribution is 0.672. The van der Waals surface area contributed by atoms with Crippen LogP contribution in [0.4, 0.5) is 5.82 Å². The number of hydrogen-bond donors (Lipinski definition) is 2. The molecule has 0 amide bonds. The number of pyridine rings is 1. The molecule has 86 valence electrons. The molecule has 2 aromatic heterocycles. The zero-order valence-electron chi connectivity index (χ0n) is 9.30. The SMILES string of the molecule is Nc1ccc(-c2cnc(C3(N)CC3)nc2)cn1.